The predicted molar refractivity (Wildman–Crippen MR) is 185 cm³/mol. The molecule has 0 N–H and O–H groups in total. The molecule has 0 nitrogen and oxygen atoms in total. The molecule has 204 valence electrons. The van der Waals surface area contributed by atoms with Crippen molar-refractivity contribution < 1.29 is 0 Å². The van der Waals surface area contributed by atoms with Crippen molar-refractivity contribution in [3.05, 3.63) is 168 Å². The third-order valence-electron chi connectivity index (χ3n) is 9.29. The SMILES string of the molecule is CC1(C)c2ccccc2-c2cc(-c3c4ccccc4c(C=Cc4ccccc4)c4ccc(-c5ccccc5)cc34)ccc21. The lowest BCUT2D eigenvalue weighted by Crippen LogP contribution is -2.14. The van der Waals surface area contributed by atoms with Crippen molar-refractivity contribution >= 4 is 33.7 Å². The topological polar surface area (TPSA) is 0 Å². The van der Waals surface area contributed by atoms with Crippen LogP contribution in [-0.4, -0.2) is 0 Å². The first kappa shape index (κ1) is 25.5. The van der Waals surface area contributed by atoms with E-state index in [1.54, 1.807) is 0 Å². The van der Waals surface area contributed by atoms with Crippen molar-refractivity contribution in [1.82, 2.24) is 0 Å². The summed E-state index contributed by atoms with van der Waals surface area (Å²) in [6.45, 7) is 4.70. The van der Waals surface area contributed by atoms with E-state index in [9.17, 15) is 0 Å². The van der Waals surface area contributed by atoms with Crippen LogP contribution in [0.1, 0.15) is 36.1 Å². The highest BCUT2D eigenvalue weighted by molar-refractivity contribution is 6.19. The van der Waals surface area contributed by atoms with Crippen LogP contribution in [0.5, 0.6) is 0 Å². The molecule has 0 unspecified atom stereocenters. The lowest BCUT2D eigenvalue weighted by Gasteiger charge is -2.22. The van der Waals surface area contributed by atoms with Gasteiger partial charge in [-0.1, -0.05) is 159 Å². The zero-order valence-corrected chi connectivity index (χ0v) is 24.5. The minimum atomic E-state index is -0.0127. The number of rotatable bonds is 4. The summed E-state index contributed by atoms with van der Waals surface area (Å²) in [5, 5.41) is 5.09. The zero-order chi connectivity index (χ0) is 29.0. The van der Waals surface area contributed by atoms with Gasteiger partial charge in [0.15, 0.2) is 0 Å². The maximum absolute atomic E-state index is 2.44. The molecule has 8 rings (SSSR count). The second-order valence-corrected chi connectivity index (χ2v) is 12.1. The van der Waals surface area contributed by atoms with Gasteiger partial charge in [-0.15, -0.1) is 0 Å². The molecule has 7 aromatic rings. The molecule has 0 bridgehead atoms. The summed E-state index contributed by atoms with van der Waals surface area (Å²) < 4.78 is 0. The van der Waals surface area contributed by atoms with Crippen molar-refractivity contribution in [1.29, 1.82) is 0 Å². The van der Waals surface area contributed by atoms with E-state index < -0.39 is 0 Å². The van der Waals surface area contributed by atoms with E-state index >= 15 is 0 Å². The van der Waals surface area contributed by atoms with Crippen molar-refractivity contribution in [3.8, 4) is 33.4 Å². The molecular formula is C43H32. The lowest BCUT2D eigenvalue weighted by atomic mass is 9.81. The third-order valence-corrected chi connectivity index (χ3v) is 9.29. The standard InChI is InChI=1S/C43H32/c1-43(2)40-20-12-11-18-36(40)38-28-32(23-26-41(38)43)42-37-19-10-9-17-33(37)34(24-21-29-13-5-3-6-14-29)35-25-22-31(27-39(35)42)30-15-7-4-8-16-30/h3-28H,1-2H3. The Balaban J connectivity index is 1.44. The van der Waals surface area contributed by atoms with Gasteiger partial charge in [0.25, 0.3) is 0 Å². The minimum Gasteiger partial charge on any atom is -0.0622 e. The van der Waals surface area contributed by atoms with Crippen LogP contribution in [0.25, 0.3) is 67.1 Å². The smallest absolute Gasteiger partial charge is 0.0158 e. The molecule has 0 heteroatoms. The molecule has 43 heavy (non-hydrogen) atoms. The summed E-state index contributed by atoms with van der Waals surface area (Å²) in [6, 6.07) is 53.3. The molecule has 0 aliphatic heterocycles. The van der Waals surface area contributed by atoms with Crippen molar-refractivity contribution in [2.45, 2.75) is 19.3 Å². The molecular weight excluding hydrogens is 516 g/mol. The Kier molecular flexibility index (Phi) is 5.91. The Hall–Kier alpha value is -5.20. The van der Waals surface area contributed by atoms with Crippen molar-refractivity contribution in [2.75, 3.05) is 0 Å². The first-order valence-corrected chi connectivity index (χ1v) is 15.1. The molecule has 1 aliphatic carbocycles. The molecule has 0 amide bonds. The first-order valence-electron chi connectivity index (χ1n) is 15.1. The first-order chi connectivity index (χ1) is 21.1. The van der Waals surface area contributed by atoms with E-state index in [0.29, 0.717) is 0 Å². The van der Waals surface area contributed by atoms with Crippen LogP contribution in [0.3, 0.4) is 0 Å². The summed E-state index contributed by atoms with van der Waals surface area (Å²) >= 11 is 0. The third kappa shape index (κ3) is 4.14. The molecule has 7 aromatic carbocycles. The molecule has 1 aliphatic rings. The Morgan fingerprint density at radius 3 is 1.86 bits per heavy atom. The fourth-order valence-corrected chi connectivity index (χ4v) is 7.13. The van der Waals surface area contributed by atoms with Gasteiger partial charge in [0.05, 0.1) is 0 Å². The molecule has 0 aromatic heterocycles. The van der Waals surface area contributed by atoms with Crippen LogP contribution in [0.4, 0.5) is 0 Å². The highest BCUT2D eigenvalue weighted by atomic mass is 14.4. The van der Waals surface area contributed by atoms with Gasteiger partial charge < -0.3 is 0 Å². The Bertz CT molecular complexity index is 2180. The monoisotopic (exact) mass is 548 g/mol. The zero-order valence-electron chi connectivity index (χ0n) is 24.5. The van der Waals surface area contributed by atoms with Gasteiger partial charge in [-0.25, -0.2) is 0 Å². The Morgan fingerprint density at radius 2 is 1.05 bits per heavy atom. The van der Waals surface area contributed by atoms with Crippen LogP contribution in [0, 0.1) is 0 Å². The fraction of sp³-hybridized carbons (Fsp3) is 0.0698. The number of hydrogen-bond acceptors (Lipinski definition) is 0. The van der Waals surface area contributed by atoms with Crippen LogP contribution in [0.2, 0.25) is 0 Å². The maximum Gasteiger partial charge on any atom is 0.0158 e. The average Bonchev–Trinajstić information content (AvgIpc) is 3.29. The summed E-state index contributed by atoms with van der Waals surface area (Å²) in [5.74, 6) is 0. The van der Waals surface area contributed by atoms with Gasteiger partial charge in [-0.3, -0.25) is 0 Å². The van der Waals surface area contributed by atoms with E-state index in [1.165, 1.54) is 77.2 Å². The highest BCUT2D eigenvalue weighted by Crippen LogP contribution is 2.50. The van der Waals surface area contributed by atoms with Gasteiger partial charge in [0, 0.05) is 5.41 Å². The molecule has 0 saturated heterocycles. The fourth-order valence-electron chi connectivity index (χ4n) is 7.13. The van der Waals surface area contributed by atoms with Crippen molar-refractivity contribution in [3.63, 3.8) is 0 Å². The van der Waals surface area contributed by atoms with Gasteiger partial charge in [-0.2, -0.15) is 0 Å². The van der Waals surface area contributed by atoms with Crippen LogP contribution in [-0.2, 0) is 5.41 Å². The lowest BCUT2D eigenvalue weighted by molar-refractivity contribution is 0.660. The quantitative estimate of drug-likeness (QED) is 0.152. The molecule has 0 heterocycles. The molecule has 0 radical (unpaired) electrons. The summed E-state index contributed by atoms with van der Waals surface area (Å²) in [5.41, 5.74) is 13.0. The normalized spacial score (nSPS) is 13.4. The largest absolute Gasteiger partial charge is 0.0622 e. The molecule has 0 atom stereocenters. The van der Waals surface area contributed by atoms with Crippen molar-refractivity contribution in [2.24, 2.45) is 0 Å². The van der Waals surface area contributed by atoms with E-state index in [2.05, 4.69) is 172 Å². The molecule has 0 fully saturated rings. The van der Waals surface area contributed by atoms with Gasteiger partial charge >= 0.3 is 0 Å². The maximum atomic E-state index is 2.44. The van der Waals surface area contributed by atoms with Crippen LogP contribution < -0.4 is 0 Å². The van der Waals surface area contributed by atoms with E-state index in [0.717, 1.165) is 0 Å². The molecule has 0 spiro atoms. The van der Waals surface area contributed by atoms with Crippen LogP contribution >= 0.6 is 0 Å². The van der Waals surface area contributed by atoms with E-state index in [-0.39, 0.29) is 5.41 Å². The predicted octanol–water partition coefficient (Wildman–Crippen LogP) is 11.8. The number of benzene rings is 7. The second kappa shape index (κ2) is 9.96. The Morgan fingerprint density at radius 1 is 0.419 bits per heavy atom. The Labute approximate surface area is 253 Å². The number of hydrogen-bond donors (Lipinski definition) is 0. The average molecular weight is 549 g/mol. The van der Waals surface area contributed by atoms with E-state index in [1.807, 2.05) is 0 Å². The van der Waals surface area contributed by atoms with Crippen LogP contribution in [0.15, 0.2) is 146 Å². The van der Waals surface area contributed by atoms with Gasteiger partial charge in [-0.05, 0) is 89.3 Å². The van der Waals surface area contributed by atoms with E-state index in [4.69, 9.17) is 0 Å². The summed E-state index contributed by atoms with van der Waals surface area (Å²) in [6.07, 6.45) is 4.54. The number of fused-ring (bicyclic) bond motifs is 5. The van der Waals surface area contributed by atoms with Gasteiger partial charge in [0.1, 0.15) is 0 Å². The minimum absolute atomic E-state index is 0.0127. The summed E-state index contributed by atoms with van der Waals surface area (Å²) in [4.78, 5) is 0. The highest BCUT2D eigenvalue weighted by Gasteiger charge is 2.35. The summed E-state index contributed by atoms with van der Waals surface area (Å²) in [7, 11) is 0. The second-order valence-electron chi connectivity index (χ2n) is 12.1. The van der Waals surface area contributed by atoms with Gasteiger partial charge in [0.2, 0.25) is 0 Å². The molecule has 0 saturated carbocycles.